The highest BCUT2D eigenvalue weighted by Gasteiger charge is 2.16. The number of carbonyl (C=O) groups excluding carboxylic acids is 1. The van der Waals surface area contributed by atoms with E-state index < -0.39 is 5.97 Å². The van der Waals surface area contributed by atoms with Crippen LogP contribution in [0.25, 0.3) is 0 Å². The van der Waals surface area contributed by atoms with Crippen molar-refractivity contribution in [3.63, 3.8) is 0 Å². The molecule has 7 heteroatoms. The highest BCUT2D eigenvalue weighted by atomic mass is 79.9. The SMILES string of the molecule is Cc1oc(CNC(=O)c2cccc(Br)c2Cl)cc1C(=O)O. The minimum absolute atomic E-state index is 0.0792. The molecule has 0 unspecified atom stereocenters. The molecule has 2 N–H and O–H groups in total. The van der Waals surface area contributed by atoms with Gasteiger partial charge in [-0.25, -0.2) is 4.79 Å². The number of hydrogen-bond acceptors (Lipinski definition) is 3. The van der Waals surface area contributed by atoms with Crippen molar-refractivity contribution < 1.29 is 19.1 Å². The molecule has 21 heavy (non-hydrogen) atoms. The third-order valence-electron chi connectivity index (χ3n) is 2.82. The van der Waals surface area contributed by atoms with E-state index in [9.17, 15) is 9.59 Å². The summed E-state index contributed by atoms with van der Waals surface area (Å²) >= 11 is 9.28. The lowest BCUT2D eigenvalue weighted by Crippen LogP contribution is -2.22. The number of aryl methyl sites for hydroxylation is 1. The Hall–Kier alpha value is -1.79. The molecule has 0 radical (unpaired) electrons. The lowest BCUT2D eigenvalue weighted by molar-refractivity contribution is 0.0694. The van der Waals surface area contributed by atoms with Gasteiger partial charge in [0.2, 0.25) is 0 Å². The van der Waals surface area contributed by atoms with Gasteiger partial charge in [-0.15, -0.1) is 0 Å². The van der Waals surface area contributed by atoms with Crippen LogP contribution >= 0.6 is 27.5 Å². The van der Waals surface area contributed by atoms with Gasteiger partial charge in [0, 0.05) is 4.47 Å². The molecular formula is C14H11BrClNO4. The molecular weight excluding hydrogens is 362 g/mol. The summed E-state index contributed by atoms with van der Waals surface area (Å²) in [5.74, 6) is -0.771. The number of nitrogens with one attached hydrogen (secondary N) is 1. The van der Waals surface area contributed by atoms with Crippen molar-refractivity contribution in [3.05, 3.63) is 56.4 Å². The Labute approximate surface area is 134 Å². The standard InChI is InChI=1S/C14H11BrClNO4/c1-7-10(14(19)20)5-8(21-7)6-17-13(18)9-3-2-4-11(15)12(9)16/h2-5H,6H2,1H3,(H,17,18)(H,19,20). The topological polar surface area (TPSA) is 79.5 Å². The summed E-state index contributed by atoms with van der Waals surface area (Å²) < 4.78 is 5.90. The summed E-state index contributed by atoms with van der Waals surface area (Å²) in [5, 5.41) is 11.9. The molecule has 0 spiro atoms. The number of carbonyl (C=O) groups is 2. The van der Waals surface area contributed by atoms with Crippen molar-refractivity contribution in [2.24, 2.45) is 0 Å². The van der Waals surface area contributed by atoms with E-state index in [1.165, 1.54) is 6.07 Å². The Morgan fingerprint density at radius 2 is 2.10 bits per heavy atom. The zero-order chi connectivity index (χ0) is 15.6. The van der Waals surface area contributed by atoms with Gasteiger partial charge in [0.15, 0.2) is 0 Å². The number of carboxylic acids is 1. The third kappa shape index (κ3) is 3.46. The van der Waals surface area contributed by atoms with Crippen LogP contribution in [0.15, 0.2) is 33.2 Å². The lowest BCUT2D eigenvalue weighted by atomic mass is 10.2. The monoisotopic (exact) mass is 371 g/mol. The summed E-state index contributed by atoms with van der Waals surface area (Å²) in [4.78, 5) is 22.9. The van der Waals surface area contributed by atoms with E-state index >= 15 is 0 Å². The Morgan fingerprint density at radius 1 is 1.38 bits per heavy atom. The second-order valence-electron chi connectivity index (χ2n) is 4.27. The molecule has 0 bridgehead atoms. The first-order chi connectivity index (χ1) is 9.90. The molecule has 0 aliphatic heterocycles. The van der Waals surface area contributed by atoms with Gasteiger partial charge in [-0.1, -0.05) is 17.7 Å². The van der Waals surface area contributed by atoms with Crippen LogP contribution in [0, 0.1) is 6.92 Å². The van der Waals surface area contributed by atoms with E-state index in [1.54, 1.807) is 25.1 Å². The van der Waals surface area contributed by atoms with E-state index in [0.717, 1.165) is 0 Å². The highest BCUT2D eigenvalue weighted by molar-refractivity contribution is 9.10. The van der Waals surface area contributed by atoms with E-state index in [-0.39, 0.29) is 18.0 Å². The van der Waals surface area contributed by atoms with Gasteiger partial charge >= 0.3 is 5.97 Å². The molecule has 1 aromatic carbocycles. The Balaban J connectivity index is 2.09. The second-order valence-corrected chi connectivity index (χ2v) is 5.50. The van der Waals surface area contributed by atoms with E-state index in [0.29, 0.717) is 26.6 Å². The molecule has 1 aromatic heterocycles. The number of halogens is 2. The number of carboxylic acid groups (broad SMARTS) is 1. The number of benzene rings is 1. The van der Waals surface area contributed by atoms with Crippen LogP contribution in [0.5, 0.6) is 0 Å². The zero-order valence-electron chi connectivity index (χ0n) is 10.9. The first-order valence-corrected chi connectivity index (χ1v) is 7.12. The number of furan rings is 1. The minimum Gasteiger partial charge on any atom is -0.478 e. The first kappa shape index (κ1) is 15.6. The van der Waals surface area contributed by atoms with Crippen LogP contribution < -0.4 is 5.32 Å². The number of hydrogen-bond donors (Lipinski definition) is 2. The Bertz CT molecular complexity index is 711. The normalized spacial score (nSPS) is 10.4. The van der Waals surface area contributed by atoms with Gasteiger partial charge in [0.1, 0.15) is 17.1 Å². The van der Waals surface area contributed by atoms with Crippen LogP contribution in [-0.4, -0.2) is 17.0 Å². The highest BCUT2D eigenvalue weighted by Crippen LogP contribution is 2.26. The molecule has 1 amide bonds. The Morgan fingerprint density at radius 3 is 2.71 bits per heavy atom. The maximum absolute atomic E-state index is 12.0. The average Bonchev–Trinajstić information content (AvgIpc) is 2.80. The van der Waals surface area contributed by atoms with Crippen molar-refractivity contribution in [2.75, 3.05) is 0 Å². The van der Waals surface area contributed by atoms with Crippen molar-refractivity contribution in [2.45, 2.75) is 13.5 Å². The smallest absolute Gasteiger partial charge is 0.339 e. The first-order valence-electron chi connectivity index (χ1n) is 5.95. The Kier molecular flexibility index (Phi) is 4.69. The van der Waals surface area contributed by atoms with Crippen LogP contribution in [0.4, 0.5) is 0 Å². The zero-order valence-corrected chi connectivity index (χ0v) is 13.3. The molecule has 5 nitrogen and oxygen atoms in total. The lowest BCUT2D eigenvalue weighted by Gasteiger charge is -2.06. The molecule has 1 heterocycles. The fourth-order valence-corrected chi connectivity index (χ4v) is 2.36. The summed E-state index contributed by atoms with van der Waals surface area (Å²) in [7, 11) is 0. The average molecular weight is 373 g/mol. The molecule has 0 atom stereocenters. The van der Waals surface area contributed by atoms with Gasteiger partial charge < -0.3 is 14.8 Å². The minimum atomic E-state index is -1.07. The van der Waals surface area contributed by atoms with E-state index in [4.69, 9.17) is 21.1 Å². The number of aromatic carboxylic acids is 1. The summed E-state index contributed by atoms with van der Waals surface area (Å²) in [6.07, 6.45) is 0. The molecule has 0 fully saturated rings. The van der Waals surface area contributed by atoms with Crippen molar-refractivity contribution in [1.29, 1.82) is 0 Å². The van der Waals surface area contributed by atoms with Gasteiger partial charge in [0.25, 0.3) is 5.91 Å². The number of amides is 1. The number of rotatable bonds is 4. The molecule has 0 aliphatic rings. The maximum atomic E-state index is 12.0. The van der Waals surface area contributed by atoms with Crippen molar-refractivity contribution in [1.82, 2.24) is 5.32 Å². The quantitative estimate of drug-likeness (QED) is 0.859. The fourth-order valence-electron chi connectivity index (χ4n) is 1.78. The predicted octanol–water partition coefficient (Wildman–Crippen LogP) is 3.63. The molecule has 0 aliphatic carbocycles. The van der Waals surface area contributed by atoms with Gasteiger partial charge in [-0.3, -0.25) is 4.79 Å². The van der Waals surface area contributed by atoms with Crippen LogP contribution in [0.1, 0.15) is 32.2 Å². The van der Waals surface area contributed by atoms with Crippen molar-refractivity contribution in [3.8, 4) is 0 Å². The van der Waals surface area contributed by atoms with Crippen LogP contribution in [-0.2, 0) is 6.54 Å². The van der Waals surface area contributed by atoms with Gasteiger partial charge in [-0.2, -0.15) is 0 Å². The largest absolute Gasteiger partial charge is 0.478 e. The van der Waals surface area contributed by atoms with Gasteiger partial charge in [0.05, 0.1) is 17.1 Å². The summed E-state index contributed by atoms with van der Waals surface area (Å²) in [5.41, 5.74) is 0.410. The van der Waals surface area contributed by atoms with Gasteiger partial charge in [-0.05, 0) is 41.1 Å². The molecule has 0 saturated carbocycles. The van der Waals surface area contributed by atoms with Crippen molar-refractivity contribution >= 4 is 39.4 Å². The summed E-state index contributed by atoms with van der Waals surface area (Å²) in [6.45, 7) is 1.63. The molecule has 0 saturated heterocycles. The fraction of sp³-hybridized carbons (Fsp3) is 0.143. The predicted molar refractivity (Wildman–Crippen MR) is 80.7 cm³/mol. The second kappa shape index (κ2) is 6.32. The molecule has 2 rings (SSSR count). The molecule has 110 valence electrons. The van der Waals surface area contributed by atoms with Crippen LogP contribution in [0.2, 0.25) is 5.02 Å². The maximum Gasteiger partial charge on any atom is 0.339 e. The molecule has 2 aromatic rings. The third-order valence-corrected chi connectivity index (χ3v) is 4.11. The van der Waals surface area contributed by atoms with E-state index in [1.807, 2.05) is 0 Å². The van der Waals surface area contributed by atoms with E-state index in [2.05, 4.69) is 21.2 Å². The van der Waals surface area contributed by atoms with Crippen LogP contribution in [0.3, 0.4) is 0 Å². The summed E-state index contributed by atoms with van der Waals surface area (Å²) in [6, 6.07) is 6.41.